The van der Waals surface area contributed by atoms with E-state index in [1.54, 1.807) is 23.1 Å². The van der Waals surface area contributed by atoms with Gasteiger partial charge in [-0.1, -0.05) is 85.9 Å². The second kappa shape index (κ2) is 12.7. The third kappa shape index (κ3) is 8.64. The standard InChI is InChI=1S/C28H29Br2ClN2O3/c1-28(2,3)32-27(35)24(15-19-7-5-4-6-8-19)33(17-20-9-11-21(29)12-10-20)26(34)18-36-25-14-13-22(30)16-23(25)31/h4-14,16,24H,15,17-18H2,1-3H3,(H,32,35)/t24-/m0/s1. The van der Waals surface area contributed by atoms with E-state index in [4.69, 9.17) is 16.3 Å². The minimum Gasteiger partial charge on any atom is -0.482 e. The molecule has 0 bridgehead atoms. The lowest BCUT2D eigenvalue weighted by molar-refractivity contribution is -0.143. The summed E-state index contributed by atoms with van der Waals surface area (Å²) in [7, 11) is 0. The zero-order valence-corrected chi connectivity index (χ0v) is 24.4. The molecule has 2 amide bonds. The predicted molar refractivity (Wildman–Crippen MR) is 151 cm³/mol. The molecule has 5 nitrogen and oxygen atoms in total. The van der Waals surface area contributed by atoms with Gasteiger partial charge in [0, 0.05) is 27.4 Å². The van der Waals surface area contributed by atoms with Gasteiger partial charge in [0.1, 0.15) is 11.8 Å². The molecule has 8 heteroatoms. The number of ether oxygens (including phenoxy) is 1. The first-order valence-corrected chi connectivity index (χ1v) is 13.5. The fourth-order valence-corrected chi connectivity index (χ4v) is 4.60. The van der Waals surface area contributed by atoms with Crippen molar-refractivity contribution < 1.29 is 14.3 Å². The Bertz CT molecular complexity index is 1180. The van der Waals surface area contributed by atoms with Gasteiger partial charge >= 0.3 is 0 Å². The maximum atomic E-state index is 13.6. The van der Waals surface area contributed by atoms with Crippen LogP contribution in [0.5, 0.6) is 5.75 Å². The molecule has 3 aromatic carbocycles. The zero-order valence-electron chi connectivity index (χ0n) is 20.4. The first kappa shape index (κ1) is 28.2. The van der Waals surface area contributed by atoms with Crippen LogP contribution in [0.25, 0.3) is 0 Å². The van der Waals surface area contributed by atoms with E-state index in [-0.39, 0.29) is 25.0 Å². The number of hydrogen-bond acceptors (Lipinski definition) is 3. The molecule has 0 radical (unpaired) electrons. The molecule has 0 aromatic heterocycles. The Hall–Kier alpha value is -2.35. The van der Waals surface area contributed by atoms with E-state index in [1.165, 1.54) is 0 Å². The first-order chi connectivity index (χ1) is 17.0. The minimum atomic E-state index is -0.744. The number of amides is 2. The topological polar surface area (TPSA) is 58.6 Å². The highest BCUT2D eigenvalue weighted by molar-refractivity contribution is 9.10. The van der Waals surface area contributed by atoms with Gasteiger partial charge in [-0.25, -0.2) is 0 Å². The maximum Gasteiger partial charge on any atom is 0.261 e. The van der Waals surface area contributed by atoms with Crippen LogP contribution in [0.15, 0.2) is 81.7 Å². The minimum absolute atomic E-state index is 0.224. The molecule has 0 spiro atoms. The van der Waals surface area contributed by atoms with Crippen LogP contribution >= 0.6 is 43.5 Å². The van der Waals surface area contributed by atoms with E-state index in [1.807, 2.05) is 75.4 Å². The molecular formula is C28H29Br2ClN2O3. The Kier molecular flexibility index (Phi) is 10.00. The van der Waals surface area contributed by atoms with Crippen molar-refractivity contribution in [1.82, 2.24) is 10.2 Å². The molecule has 1 N–H and O–H groups in total. The van der Waals surface area contributed by atoms with Gasteiger partial charge < -0.3 is 15.0 Å². The second-order valence-corrected chi connectivity index (χ2v) is 11.7. The predicted octanol–water partition coefficient (Wildman–Crippen LogP) is 6.80. The number of carbonyl (C=O) groups excluding carboxylic acids is 2. The summed E-state index contributed by atoms with van der Waals surface area (Å²) in [4.78, 5) is 28.8. The summed E-state index contributed by atoms with van der Waals surface area (Å²) in [6.07, 6.45) is 0.365. The molecule has 0 saturated heterocycles. The second-order valence-electron chi connectivity index (χ2n) is 9.46. The van der Waals surface area contributed by atoms with E-state index in [0.29, 0.717) is 17.2 Å². The summed E-state index contributed by atoms with van der Waals surface area (Å²) in [5.41, 5.74) is 1.40. The molecule has 3 aromatic rings. The van der Waals surface area contributed by atoms with E-state index in [2.05, 4.69) is 37.2 Å². The Balaban J connectivity index is 1.93. The van der Waals surface area contributed by atoms with Gasteiger partial charge in [0.25, 0.3) is 5.91 Å². The maximum absolute atomic E-state index is 13.6. The summed E-state index contributed by atoms with van der Waals surface area (Å²) >= 11 is 13.1. The number of nitrogens with zero attached hydrogens (tertiary/aromatic N) is 1. The first-order valence-electron chi connectivity index (χ1n) is 11.5. The lowest BCUT2D eigenvalue weighted by atomic mass is 10.0. The number of halogens is 3. The summed E-state index contributed by atoms with van der Waals surface area (Å²) in [5.74, 6) is -0.143. The Morgan fingerprint density at radius 2 is 1.58 bits per heavy atom. The number of carbonyl (C=O) groups is 2. The third-order valence-corrected chi connectivity index (χ3v) is 6.60. The summed E-state index contributed by atoms with van der Waals surface area (Å²) in [5, 5.41) is 3.44. The summed E-state index contributed by atoms with van der Waals surface area (Å²) in [6.45, 7) is 5.75. The molecule has 3 rings (SSSR count). The molecule has 0 aliphatic carbocycles. The fraction of sp³-hybridized carbons (Fsp3) is 0.286. The lowest BCUT2D eigenvalue weighted by Crippen LogP contribution is -2.55. The van der Waals surface area contributed by atoms with E-state index < -0.39 is 11.6 Å². The number of hydrogen-bond donors (Lipinski definition) is 1. The van der Waals surface area contributed by atoms with Crippen LogP contribution < -0.4 is 10.1 Å². The number of benzene rings is 3. The Morgan fingerprint density at radius 3 is 2.19 bits per heavy atom. The number of nitrogens with one attached hydrogen (secondary N) is 1. The Labute approximate surface area is 234 Å². The molecule has 0 saturated carbocycles. The summed E-state index contributed by atoms with van der Waals surface area (Å²) in [6, 6.07) is 21.8. The average molecular weight is 637 g/mol. The van der Waals surface area contributed by atoms with Crippen LogP contribution in [0.4, 0.5) is 0 Å². The smallest absolute Gasteiger partial charge is 0.261 e. The number of rotatable bonds is 9. The van der Waals surface area contributed by atoms with Gasteiger partial charge in [0.2, 0.25) is 5.91 Å². The molecule has 0 unspecified atom stereocenters. The SMILES string of the molecule is CC(C)(C)NC(=O)[C@H](Cc1ccccc1)N(Cc1ccc(Br)cc1)C(=O)COc1ccc(Br)cc1Cl. The molecule has 0 fully saturated rings. The van der Waals surface area contributed by atoms with Crippen LogP contribution in [-0.2, 0) is 22.6 Å². The largest absolute Gasteiger partial charge is 0.482 e. The van der Waals surface area contributed by atoms with Crippen molar-refractivity contribution in [2.24, 2.45) is 0 Å². The van der Waals surface area contributed by atoms with Crippen molar-refractivity contribution in [3.63, 3.8) is 0 Å². The molecular weight excluding hydrogens is 608 g/mol. The average Bonchev–Trinajstić information content (AvgIpc) is 2.81. The monoisotopic (exact) mass is 634 g/mol. The van der Waals surface area contributed by atoms with Crippen molar-refractivity contribution in [2.45, 2.75) is 45.3 Å². The van der Waals surface area contributed by atoms with Crippen LogP contribution in [0.2, 0.25) is 5.02 Å². The van der Waals surface area contributed by atoms with Crippen molar-refractivity contribution in [1.29, 1.82) is 0 Å². The highest BCUT2D eigenvalue weighted by Crippen LogP contribution is 2.28. The molecule has 0 heterocycles. The highest BCUT2D eigenvalue weighted by Gasteiger charge is 2.32. The van der Waals surface area contributed by atoms with Gasteiger partial charge in [-0.15, -0.1) is 0 Å². The van der Waals surface area contributed by atoms with E-state index in [9.17, 15) is 9.59 Å². The molecule has 0 aliphatic heterocycles. The van der Waals surface area contributed by atoms with Gasteiger partial charge in [-0.2, -0.15) is 0 Å². The molecule has 36 heavy (non-hydrogen) atoms. The molecule has 190 valence electrons. The van der Waals surface area contributed by atoms with Crippen LogP contribution in [0.3, 0.4) is 0 Å². The van der Waals surface area contributed by atoms with E-state index in [0.717, 1.165) is 20.1 Å². The normalized spacial score (nSPS) is 12.1. The van der Waals surface area contributed by atoms with Gasteiger partial charge in [0.15, 0.2) is 6.61 Å². The highest BCUT2D eigenvalue weighted by atomic mass is 79.9. The van der Waals surface area contributed by atoms with Gasteiger partial charge in [-0.05, 0) is 62.2 Å². The van der Waals surface area contributed by atoms with Crippen LogP contribution in [-0.4, -0.2) is 34.9 Å². The third-order valence-electron chi connectivity index (χ3n) is 5.28. The lowest BCUT2D eigenvalue weighted by Gasteiger charge is -2.33. The molecule has 1 atom stereocenters. The molecule has 0 aliphatic rings. The van der Waals surface area contributed by atoms with Crippen molar-refractivity contribution >= 4 is 55.3 Å². The fourth-order valence-electron chi connectivity index (χ4n) is 3.61. The van der Waals surface area contributed by atoms with E-state index >= 15 is 0 Å². The van der Waals surface area contributed by atoms with Gasteiger partial charge in [-0.3, -0.25) is 9.59 Å². The Morgan fingerprint density at radius 1 is 0.944 bits per heavy atom. The zero-order chi connectivity index (χ0) is 26.3. The summed E-state index contributed by atoms with van der Waals surface area (Å²) < 4.78 is 7.53. The van der Waals surface area contributed by atoms with Crippen molar-refractivity contribution in [2.75, 3.05) is 6.61 Å². The van der Waals surface area contributed by atoms with Gasteiger partial charge in [0.05, 0.1) is 5.02 Å². The van der Waals surface area contributed by atoms with Crippen LogP contribution in [0.1, 0.15) is 31.9 Å². The van der Waals surface area contributed by atoms with Crippen molar-refractivity contribution in [3.8, 4) is 5.75 Å². The quantitative estimate of drug-likeness (QED) is 0.281. The van der Waals surface area contributed by atoms with Crippen LogP contribution in [0, 0.1) is 0 Å². The van der Waals surface area contributed by atoms with Crippen molar-refractivity contribution in [3.05, 3.63) is 97.9 Å².